The van der Waals surface area contributed by atoms with Crippen LogP contribution >= 0.6 is 0 Å². The van der Waals surface area contributed by atoms with E-state index < -0.39 is 0 Å². The Labute approximate surface area is 96.6 Å². The summed E-state index contributed by atoms with van der Waals surface area (Å²) in [7, 11) is 1.91. The van der Waals surface area contributed by atoms with Crippen molar-refractivity contribution in [2.24, 2.45) is 0 Å². The van der Waals surface area contributed by atoms with E-state index in [9.17, 15) is 4.79 Å². The number of morpholine rings is 1. The number of amides is 1. The zero-order valence-electron chi connectivity index (χ0n) is 9.81. The van der Waals surface area contributed by atoms with Gasteiger partial charge in [0.2, 0.25) is 5.91 Å². The van der Waals surface area contributed by atoms with Gasteiger partial charge >= 0.3 is 0 Å². The Morgan fingerprint density at radius 1 is 1.50 bits per heavy atom. The molecule has 0 aromatic carbocycles. The summed E-state index contributed by atoms with van der Waals surface area (Å²) in [5.41, 5.74) is 0. The third-order valence-corrected chi connectivity index (χ3v) is 2.60. The van der Waals surface area contributed by atoms with E-state index in [-0.39, 0.29) is 5.91 Å². The molecule has 0 atom stereocenters. The van der Waals surface area contributed by atoms with Gasteiger partial charge in [0.05, 0.1) is 25.8 Å². The molecule has 0 saturated carbocycles. The van der Waals surface area contributed by atoms with Crippen molar-refractivity contribution >= 4 is 5.91 Å². The summed E-state index contributed by atoms with van der Waals surface area (Å²) in [5, 5.41) is 8.41. The molecule has 0 aromatic rings. The molecule has 0 N–H and O–H groups in total. The maximum Gasteiger partial charge on any atom is 0.236 e. The summed E-state index contributed by atoms with van der Waals surface area (Å²) in [6, 6.07) is 2.10. The second kappa shape index (κ2) is 7.20. The highest BCUT2D eigenvalue weighted by Gasteiger charge is 2.17. The van der Waals surface area contributed by atoms with Crippen LogP contribution in [0.25, 0.3) is 0 Å². The van der Waals surface area contributed by atoms with Crippen molar-refractivity contribution in [3.63, 3.8) is 0 Å². The fourth-order valence-electron chi connectivity index (χ4n) is 1.65. The van der Waals surface area contributed by atoms with Crippen LogP contribution in [0.15, 0.2) is 0 Å². The monoisotopic (exact) mass is 225 g/mol. The predicted octanol–water partition coefficient (Wildman–Crippen LogP) is 0.0808. The first kappa shape index (κ1) is 12.9. The number of unbranched alkanes of at least 4 members (excludes halogenated alkanes) is 1. The van der Waals surface area contributed by atoms with Gasteiger partial charge < -0.3 is 9.64 Å². The van der Waals surface area contributed by atoms with Crippen LogP contribution in [0, 0.1) is 11.3 Å². The maximum absolute atomic E-state index is 11.8. The molecule has 1 rings (SSSR count). The van der Waals surface area contributed by atoms with Gasteiger partial charge in [0.1, 0.15) is 0 Å². The van der Waals surface area contributed by atoms with Crippen molar-refractivity contribution in [1.82, 2.24) is 9.80 Å². The van der Waals surface area contributed by atoms with E-state index in [1.165, 1.54) is 0 Å². The molecule has 90 valence electrons. The Morgan fingerprint density at radius 2 is 2.19 bits per heavy atom. The molecule has 1 aliphatic rings. The molecule has 0 unspecified atom stereocenters. The molecule has 1 heterocycles. The average molecular weight is 225 g/mol. The highest BCUT2D eigenvalue weighted by molar-refractivity contribution is 5.78. The van der Waals surface area contributed by atoms with Gasteiger partial charge in [-0.3, -0.25) is 9.69 Å². The van der Waals surface area contributed by atoms with Crippen LogP contribution in [0.4, 0.5) is 0 Å². The highest BCUT2D eigenvalue weighted by Crippen LogP contribution is 1.99. The van der Waals surface area contributed by atoms with Crippen molar-refractivity contribution in [3.05, 3.63) is 0 Å². The lowest BCUT2D eigenvalue weighted by molar-refractivity contribution is -0.136. The van der Waals surface area contributed by atoms with Crippen LogP contribution in [-0.4, -0.2) is 62.1 Å². The van der Waals surface area contributed by atoms with Crippen LogP contribution in [0.2, 0.25) is 0 Å². The number of hydrogen-bond donors (Lipinski definition) is 0. The number of ether oxygens (including phenoxy) is 1. The number of carbonyl (C=O) groups is 1. The predicted molar refractivity (Wildman–Crippen MR) is 59.7 cm³/mol. The maximum atomic E-state index is 11.8. The SMILES string of the molecule is CN(CCCC#N)CC(=O)N1CCOCC1. The van der Waals surface area contributed by atoms with Crippen molar-refractivity contribution in [2.45, 2.75) is 12.8 Å². The van der Waals surface area contributed by atoms with Crippen LogP contribution in [0.5, 0.6) is 0 Å². The molecule has 1 amide bonds. The first-order valence-electron chi connectivity index (χ1n) is 5.65. The minimum atomic E-state index is 0.155. The average Bonchev–Trinajstić information content (AvgIpc) is 2.30. The van der Waals surface area contributed by atoms with Crippen molar-refractivity contribution in [3.8, 4) is 6.07 Å². The third kappa shape index (κ3) is 4.60. The minimum Gasteiger partial charge on any atom is -0.378 e. The fourth-order valence-corrected chi connectivity index (χ4v) is 1.65. The topological polar surface area (TPSA) is 56.6 Å². The van der Waals surface area contributed by atoms with Crippen molar-refractivity contribution in [2.75, 3.05) is 46.4 Å². The summed E-state index contributed by atoms with van der Waals surface area (Å²) in [6.07, 6.45) is 1.37. The molecular formula is C11H19N3O2. The van der Waals surface area contributed by atoms with Gasteiger partial charge in [-0.1, -0.05) is 0 Å². The smallest absolute Gasteiger partial charge is 0.236 e. The number of hydrogen-bond acceptors (Lipinski definition) is 4. The standard InChI is InChI=1S/C11H19N3O2/c1-13(5-3-2-4-12)10-11(15)14-6-8-16-9-7-14/h2-3,5-10H2,1H3. The van der Waals surface area contributed by atoms with E-state index in [0.717, 1.165) is 13.0 Å². The molecule has 0 bridgehead atoms. The first-order chi connectivity index (χ1) is 7.74. The summed E-state index contributed by atoms with van der Waals surface area (Å²) in [6.45, 7) is 3.92. The molecule has 0 radical (unpaired) electrons. The Bertz CT molecular complexity index is 256. The Hall–Kier alpha value is -1.12. The molecule has 1 fully saturated rings. The highest BCUT2D eigenvalue weighted by atomic mass is 16.5. The second-order valence-electron chi connectivity index (χ2n) is 3.99. The van der Waals surface area contributed by atoms with E-state index in [0.29, 0.717) is 39.3 Å². The summed E-state index contributed by atoms with van der Waals surface area (Å²) in [5.74, 6) is 0.155. The van der Waals surface area contributed by atoms with E-state index in [4.69, 9.17) is 10.00 Å². The molecule has 1 aliphatic heterocycles. The summed E-state index contributed by atoms with van der Waals surface area (Å²) < 4.78 is 5.19. The van der Waals surface area contributed by atoms with E-state index in [2.05, 4.69) is 6.07 Å². The zero-order chi connectivity index (χ0) is 11.8. The Morgan fingerprint density at radius 3 is 2.81 bits per heavy atom. The lowest BCUT2D eigenvalue weighted by Crippen LogP contribution is -2.45. The summed E-state index contributed by atoms with van der Waals surface area (Å²) in [4.78, 5) is 15.6. The van der Waals surface area contributed by atoms with E-state index in [1.54, 1.807) is 0 Å². The second-order valence-corrected chi connectivity index (χ2v) is 3.99. The number of likely N-dealkylation sites (N-methyl/N-ethyl adjacent to an activating group) is 1. The molecule has 1 saturated heterocycles. The number of carbonyl (C=O) groups excluding carboxylic acids is 1. The number of nitriles is 1. The van der Waals surface area contributed by atoms with E-state index >= 15 is 0 Å². The van der Waals surface area contributed by atoms with Crippen LogP contribution in [0.3, 0.4) is 0 Å². The quantitative estimate of drug-likeness (QED) is 0.622. The molecule has 5 nitrogen and oxygen atoms in total. The normalized spacial score (nSPS) is 16.2. The summed E-state index contributed by atoms with van der Waals surface area (Å²) >= 11 is 0. The Kier molecular flexibility index (Phi) is 5.83. The molecule has 5 heteroatoms. The largest absolute Gasteiger partial charge is 0.378 e. The molecule has 0 spiro atoms. The molecular weight excluding hydrogens is 206 g/mol. The van der Waals surface area contributed by atoms with Gasteiger partial charge in [-0.15, -0.1) is 0 Å². The number of nitrogens with zero attached hydrogens (tertiary/aromatic N) is 3. The van der Waals surface area contributed by atoms with Gasteiger partial charge in [0.15, 0.2) is 0 Å². The lowest BCUT2D eigenvalue weighted by atomic mass is 10.3. The molecule has 0 aromatic heterocycles. The van der Waals surface area contributed by atoms with Gasteiger partial charge in [-0.2, -0.15) is 5.26 Å². The van der Waals surface area contributed by atoms with Gasteiger partial charge in [-0.25, -0.2) is 0 Å². The first-order valence-corrected chi connectivity index (χ1v) is 5.65. The van der Waals surface area contributed by atoms with Crippen LogP contribution in [-0.2, 0) is 9.53 Å². The Balaban J connectivity index is 2.19. The van der Waals surface area contributed by atoms with Crippen molar-refractivity contribution in [1.29, 1.82) is 5.26 Å². The van der Waals surface area contributed by atoms with Crippen LogP contribution in [0.1, 0.15) is 12.8 Å². The minimum absolute atomic E-state index is 0.155. The molecule has 16 heavy (non-hydrogen) atoms. The van der Waals surface area contributed by atoms with Crippen LogP contribution < -0.4 is 0 Å². The van der Waals surface area contributed by atoms with Gasteiger partial charge in [0, 0.05) is 19.5 Å². The zero-order valence-corrected chi connectivity index (χ0v) is 9.81. The molecule has 0 aliphatic carbocycles. The van der Waals surface area contributed by atoms with Crippen molar-refractivity contribution < 1.29 is 9.53 Å². The number of rotatable bonds is 5. The third-order valence-electron chi connectivity index (χ3n) is 2.60. The van der Waals surface area contributed by atoms with E-state index in [1.807, 2.05) is 16.8 Å². The lowest BCUT2D eigenvalue weighted by Gasteiger charge is -2.28. The van der Waals surface area contributed by atoms with Gasteiger partial charge in [0.25, 0.3) is 0 Å². The van der Waals surface area contributed by atoms with Gasteiger partial charge in [-0.05, 0) is 20.0 Å². The fraction of sp³-hybridized carbons (Fsp3) is 0.818.